The highest BCUT2D eigenvalue weighted by Crippen LogP contribution is 2.34. The Morgan fingerprint density at radius 3 is 2.57 bits per heavy atom. The zero-order chi connectivity index (χ0) is 19.5. The van der Waals surface area contributed by atoms with Crippen LogP contribution in [0.1, 0.15) is 16.1 Å². The van der Waals surface area contributed by atoms with Crippen molar-refractivity contribution in [3.05, 3.63) is 70.3 Å². The molecule has 5 nitrogen and oxygen atoms in total. The molecule has 0 unspecified atom stereocenters. The maximum Gasteiger partial charge on any atom is 0.231 e. The predicted molar refractivity (Wildman–Crippen MR) is 115 cm³/mol. The Labute approximate surface area is 171 Å². The Kier molecular flexibility index (Phi) is 5.27. The third kappa shape index (κ3) is 4.16. The summed E-state index contributed by atoms with van der Waals surface area (Å²) in [6.07, 6.45) is 3.78. The first-order valence-corrected chi connectivity index (χ1v) is 10.5. The lowest BCUT2D eigenvalue weighted by molar-refractivity contribution is -0.115. The molecule has 0 radical (unpaired) electrons. The van der Waals surface area contributed by atoms with E-state index in [1.54, 1.807) is 12.4 Å². The van der Waals surface area contributed by atoms with Crippen LogP contribution in [-0.2, 0) is 11.2 Å². The number of thiazole rings is 2. The van der Waals surface area contributed by atoms with E-state index in [4.69, 9.17) is 4.98 Å². The molecule has 28 heavy (non-hydrogen) atoms. The van der Waals surface area contributed by atoms with Gasteiger partial charge in [-0.15, -0.1) is 22.7 Å². The number of rotatable bonds is 5. The van der Waals surface area contributed by atoms with E-state index < -0.39 is 0 Å². The number of anilines is 1. The van der Waals surface area contributed by atoms with E-state index >= 15 is 0 Å². The standard InChI is InChI=1S/C21H18N4OS2/c1-13-5-7-15(8-6-13)19-17(10-18(26)24-21-23-14(2)12-27-21)28-20(25-19)16-4-3-9-22-11-16/h3-9,11-12H,10H2,1-2H3,(H,23,24,26). The van der Waals surface area contributed by atoms with Gasteiger partial charge in [0.05, 0.1) is 17.8 Å². The summed E-state index contributed by atoms with van der Waals surface area (Å²) in [6.45, 7) is 3.96. The molecule has 1 amide bonds. The van der Waals surface area contributed by atoms with E-state index in [2.05, 4.69) is 34.3 Å². The fourth-order valence-corrected chi connectivity index (χ4v) is 4.52. The Bertz CT molecular complexity index is 1100. The van der Waals surface area contributed by atoms with Gasteiger partial charge in [-0.3, -0.25) is 9.78 Å². The van der Waals surface area contributed by atoms with E-state index in [0.717, 1.165) is 32.4 Å². The van der Waals surface area contributed by atoms with Crippen molar-refractivity contribution in [3.63, 3.8) is 0 Å². The molecule has 4 rings (SSSR count). The number of nitrogens with one attached hydrogen (secondary N) is 1. The van der Waals surface area contributed by atoms with E-state index in [-0.39, 0.29) is 12.3 Å². The third-order valence-corrected chi connectivity index (χ3v) is 6.10. The number of nitrogens with zero attached hydrogens (tertiary/aromatic N) is 3. The van der Waals surface area contributed by atoms with Crippen LogP contribution in [0.5, 0.6) is 0 Å². The number of hydrogen-bond donors (Lipinski definition) is 1. The molecule has 3 heterocycles. The minimum absolute atomic E-state index is 0.0934. The molecule has 0 atom stereocenters. The highest BCUT2D eigenvalue weighted by Gasteiger charge is 2.18. The highest BCUT2D eigenvalue weighted by molar-refractivity contribution is 7.15. The Morgan fingerprint density at radius 2 is 1.89 bits per heavy atom. The van der Waals surface area contributed by atoms with Crippen LogP contribution in [0.3, 0.4) is 0 Å². The zero-order valence-corrected chi connectivity index (χ0v) is 17.1. The van der Waals surface area contributed by atoms with Gasteiger partial charge in [-0.05, 0) is 26.0 Å². The molecule has 1 N–H and O–H groups in total. The summed E-state index contributed by atoms with van der Waals surface area (Å²) in [5.41, 5.74) is 4.88. The van der Waals surface area contributed by atoms with Gasteiger partial charge in [0.2, 0.25) is 5.91 Å². The summed E-state index contributed by atoms with van der Waals surface area (Å²) in [5, 5.41) is 6.28. The quantitative estimate of drug-likeness (QED) is 0.499. The Hall–Kier alpha value is -2.90. The SMILES string of the molecule is Cc1ccc(-c2nc(-c3cccnc3)sc2CC(=O)Nc2nc(C)cs2)cc1. The fraction of sp³-hybridized carbons (Fsp3) is 0.143. The van der Waals surface area contributed by atoms with E-state index in [1.165, 1.54) is 28.2 Å². The predicted octanol–water partition coefficient (Wildman–Crippen LogP) is 5.13. The Morgan fingerprint density at radius 1 is 1.07 bits per heavy atom. The number of pyridine rings is 1. The second-order valence-corrected chi connectivity index (χ2v) is 8.36. The monoisotopic (exact) mass is 406 g/mol. The van der Waals surface area contributed by atoms with E-state index in [0.29, 0.717) is 5.13 Å². The number of carbonyl (C=O) groups excluding carboxylic acids is 1. The van der Waals surface area contributed by atoms with Gasteiger partial charge < -0.3 is 5.32 Å². The molecular formula is C21H18N4OS2. The molecule has 0 aliphatic carbocycles. The summed E-state index contributed by atoms with van der Waals surface area (Å²) in [5.74, 6) is -0.0934. The van der Waals surface area contributed by atoms with Crippen molar-refractivity contribution in [2.75, 3.05) is 5.32 Å². The van der Waals surface area contributed by atoms with Crippen molar-refractivity contribution in [2.24, 2.45) is 0 Å². The van der Waals surface area contributed by atoms with Gasteiger partial charge in [0.1, 0.15) is 5.01 Å². The average Bonchev–Trinajstić information content (AvgIpc) is 3.29. The normalized spacial score (nSPS) is 10.8. The van der Waals surface area contributed by atoms with Crippen molar-refractivity contribution in [1.82, 2.24) is 15.0 Å². The Balaban J connectivity index is 1.66. The largest absolute Gasteiger partial charge is 0.302 e. The molecule has 7 heteroatoms. The third-order valence-electron chi connectivity index (χ3n) is 4.12. The zero-order valence-electron chi connectivity index (χ0n) is 15.5. The summed E-state index contributed by atoms with van der Waals surface area (Å²) in [7, 11) is 0. The lowest BCUT2D eigenvalue weighted by Crippen LogP contribution is -2.14. The van der Waals surface area contributed by atoms with Gasteiger partial charge in [-0.1, -0.05) is 29.8 Å². The summed E-state index contributed by atoms with van der Waals surface area (Å²) in [4.78, 5) is 26.8. The fourth-order valence-electron chi connectivity index (χ4n) is 2.74. The van der Waals surface area contributed by atoms with Crippen LogP contribution in [-0.4, -0.2) is 20.9 Å². The van der Waals surface area contributed by atoms with Crippen molar-refractivity contribution < 1.29 is 4.79 Å². The summed E-state index contributed by atoms with van der Waals surface area (Å²) in [6, 6.07) is 12.1. The van der Waals surface area contributed by atoms with Gasteiger partial charge >= 0.3 is 0 Å². The number of amides is 1. The number of aryl methyl sites for hydroxylation is 2. The number of carbonyl (C=O) groups is 1. The van der Waals surface area contributed by atoms with E-state index in [9.17, 15) is 4.79 Å². The van der Waals surface area contributed by atoms with Crippen LogP contribution in [0, 0.1) is 13.8 Å². The molecule has 0 fully saturated rings. The smallest absolute Gasteiger partial charge is 0.231 e. The minimum Gasteiger partial charge on any atom is -0.302 e. The van der Waals surface area contributed by atoms with Crippen LogP contribution in [0.15, 0.2) is 54.2 Å². The molecule has 1 aromatic carbocycles. The summed E-state index contributed by atoms with van der Waals surface area (Å²) < 4.78 is 0. The molecule has 0 aliphatic heterocycles. The second-order valence-electron chi connectivity index (χ2n) is 6.42. The molecular weight excluding hydrogens is 388 g/mol. The first-order chi connectivity index (χ1) is 13.6. The molecule has 0 saturated heterocycles. The molecule has 3 aromatic heterocycles. The maximum atomic E-state index is 12.6. The van der Waals surface area contributed by atoms with Crippen LogP contribution < -0.4 is 5.32 Å². The van der Waals surface area contributed by atoms with Crippen LogP contribution >= 0.6 is 22.7 Å². The molecule has 0 saturated carbocycles. The molecule has 0 aliphatic rings. The minimum atomic E-state index is -0.0934. The lowest BCUT2D eigenvalue weighted by atomic mass is 10.1. The first-order valence-electron chi connectivity index (χ1n) is 8.77. The van der Waals surface area contributed by atoms with Crippen molar-refractivity contribution >= 4 is 33.7 Å². The molecule has 0 bridgehead atoms. The lowest BCUT2D eigenvalue weighted by Gasteiger charge is -2.04. The van der Waals surface area contributed by atoms with Gasteiger partial charge in [0, 0.05) is 33.8 Å². The van der Waals surface area contributed by atoms with Gasteiger partial charge in [0.15, 0.2) is 5.13 Å². The van der Waals surface area contributed by atoms with Crippen molar-refractivity contribution in [1.29, 1.82) is 0 Å². The second kappa shape index (κ2) is 8.00. The maximum absolute atomic E-state index is 12.6. The van der Waals surface area contributed by atoms with Crippen LogP contribution in [0.4, 0.5) is 5.13 Å². The van der Waals surface area contributed by atoms with Gasteiger partial charge in [-0.2, -0.15) is 0 Å². The molecule has 4 aromatic rings. The van der Waals surface area contributed by atoms with Crippen LogP contribution in [0.2, 0.25) is 0 Å². The number of hydrogen-bond acceptors (Lipinski definition) is 6. The number of aromatic nitrogens is 3. The summed E-state index contributed by atoms with van der Waals surface area (Å²) >= 11 is 2.96. The van der Waals surface area contributed by atoms with Crippen molar-refractivity contribution in [2.45, 2.75) is 20.3 Å². The van der Waals surface area contributed by atoms with Crippen molar-refractivity contribution in [3.8, 4) is 21.8 Å². The molecule has 0 spiro atoms. The van der Waals surface area contributed by atoms with Gasteiger partial charge in [-0.25, -0.2) is 9.97 Å². The first kappa shape index (κ1) is 18.5. The highest BCUT2D eigenvalue weighted by atomic mass is 32.1. The molecule has 140 valence electrons. The van der Waals surface area contributed by atoms with E-state index in [1.807, 2.05) is 36.6 Å². The van der Waals surface area contributed by atoms with Gasteiger partial charge in [0.25, 0.3) is 0 Å². The van der Waals surface area contributed by atoms with Crippen LogP contribution in [0.25, 0.3) is 21.8 Å². The topological polar surface area (TPSA) is 67.8 Å². The average molecular weight is 407 g/mol. The number of benzene rings is 1.